The van der Waals surface area contributed by atoms with Crippen molar-refractivity contribution in [3.8, 4) is 57.8 Å². The topological polar surface area (TPSA) is 285 Å². The highest BCUT2D eigenvalue weighted by Crippen LogP contribution is 2.34. The van der Waals surface area contributed by atoms with E-state index in [0.29, 0.717) is 71.7 Å². The summed E-state index contributed by atoms with van der Waals surface area (Å²) < 4.78 is 34.8. The minimum atomic E-state index is -0.759. The fraction of sp³-hybridized carbons (Fsp3) is 0.286. The fourth-order valence-electron chi connectivity index (χ4n) is 3.91. The van der Waals surface area contributed by atoms with Gasteiger partial charge in [-0.3, -0.25) is 15.7 Å². The average Bonchev–Trinajstić information content (AvgIpc) is 3.62. The van der Waals surface area contributed by atoms with Crippen LogP contribution in [0.15, 0.2) is 60.8 Å². The minimum Gasteiger partial charge on any atom is -0.870 e. The van der Waals surface area contributed by atoms with E-state index >= 15 is 0 Å². The van der Waals surface area contributed by atoms with Crippen molar-refractivity contribution in [1.82, 2.24) is 10.2 Å². The van der Waals surface area contributed by atoms with E-state index in [4.69, 9.17) is 44.7 Å². The van der Waals surface area contributed by atoms with Crippen LogP contribution in [-0.4, -0.2) is 77.7 Å². The Morgan fingerprint density at radius 3 is 1.69 bits per heavy atom. The van der Waals surface area contributed by atoms with E-state index in [2.05, 4.69) is 32.7 Å². The minimum absolute atomic E-state index is 0. The number of H-pyrrole nitrogens is 1. The summed E-state index contributed by atoms with van der Waals surface area (Å²) >= 11 is 0. The van der Waals surface area contributed by atoms with Crippen LogP contribution >= 0.6 is 0 Å². The van der Waals surface area contributed by atoms with Crippen LogP contribution in [-0.2, 0) is 20.7 Å². The van der Waals surface area contributed by atoms with E-state index in [0.717, 1.165) is 16.7 Å². The first-order valence-corrected chi connectivity index (χ1v) is 14.9. The molecule has 0 saturated carbocycles. The molecule has 1 unspecified atom stereocenters. The normalized spacial score (nSPS) is 9.37. The van der Waals surface area contributed by atoms with E-state index in [1.165, 1.54) is 14.2 Å². The molecule has 282 valence electrons. The smallest absolute Gasteiger partial charge is 0.293 e. The number of quaternary nitrogens is 1. The van der Waals surface area contributed by atoms with Gasteiger partial charge in [-0.2, -0.15) is 21.5 Å². The molecule has 0 aliphatic heterocycles. The zero-order valence-electron chi connectivity index (χ0n) is 30.2. The molecule has 0 amide bonds. The number of nitriles is 2. The number of anilines is 1. The van der Waals surface area contributed by atoms with Gasteiger partial charge in [0, 0.05) is 5.56 Å². The van der Waals surface area contributed by atoms with Crippen molar-refractivity contribution in [3.63, 3.8) is 0 Å². The van der Waals surface area contributed by atoms with Crippen molar-refractivity contribution >= 4 is 18.6 Å². The van der Waals surface area contributed by atoms with E-state index in [1.807, 2.05) is 36.4 Å². The van der Waals surface area contributed by atoms with Gasteiger partial charge < -0.3 is 49.2 Å². The maximum absolute atomic E-state index is 10.6. The molecular weight excluding hydrogens is 678 g/mol. The van der Waals surface area contributed by atoms with Crippen LogP contribution in [0.5, 0.6) is 34.5 Å². The molecule has 0 fully saturated rings. The number of carbonyl (C=O) groups excluding carboxylic acids is 2. The number of ether oxygens (including phenoxy) is 7. The Hall–Kier alpha value is -6.53. The zero-order valence-corrected chi connectivity index (χ0v) is 30.2. The fourth-order valence-corrected chi connectivity index (χ4v) is 3.91. The monoisotopic (exact) mass is 725 g/mol. The summed E-state index contributed by atoms with van der Waals surface area (Å²) in [5, 5.41) is 23.8. The van der Waals surface area contributed by atoms with Crippen molar-refractivity contribution in [2.75, 3.05) is 55.0 Å². The second-order valence-corrected chi connectivity index (χ2v) is 9.20. The summed E-state index contributed by atoms with van der Waals surface area (Å²) in [5.41, 5.74) is 9.06. The van der Waals surface area contributed by atoms with Crippen molar-refractivity contribution in [2.45, 2.75) is 19.3 Å². The van der Waals surface area contributed by atoms with E-state index in [1.54, 1.807) is 65.8 Å². The molecule has 4 aromatic rings. The number of aromatic amines is 1. The van der Waals surface area contributed by atoms with Gasteiger partial charge >= 0.3 is 0 Å². The Kier molecular flexibility index (Phi) is 25.9. The number of nitrogens with one attached hydrogen (secondary N) is 1. The van der Waals surface area contributed by atoms with Crippen LogP contribution in [0.1, 0.15) is 24.0 Å². The molecule has 17 nitrogen and oxygen atoms in total. The number of hydrogen-bond acceptors (Lipinski definition) is 15. The second-order valence-electron chi connectivity index (χ2n) is 9.20. The van der Waals surface area contributed by atoms with Gasteiger partial charge in [0.25, 0.3) is 6.47 Å². The van der Waals surface area contributed by atoms with Gasteiger partial charge in [0.1, 0.15) is 18.0 Å². The molecule has 52 heavy (non-hydrogen) atoms. The highest BCUT2D eigenvalue weighted by atomic mass is 16.5. The number of nitrogens with zero attached hydrogens (tertiary/aromatic N) is 3. The molecule has 0 aliphatic rings. The molecule has 1 heterocycles. The molecule has 0 radical (unpaired) electrons. The zero-order chi connectivity index (χ0) is 38.6. The third-order valence-corrected chi connectivity index (χ3v) is 6.37. The molecule has 4 rings (SSSR count). The summed E-state index contributed by atoms with van der Waals surface area (Å²) in [4.78, 5) is 19.8. The van der Waals surface area contributed by atoms with E-state index < -0.39 is 5.92 Å². The molecule has 0 bridgehead atoms. The maximum Gasteiger partial charge on any atom is 0.293 e. The van der Waals surface area contributed by atoms with Crippen LogP contribution in [0, 0.1) is 22.7 Å². The number of methoxy groups -OCH3 is 6. The molecule has 1 atom stereocenters. The lowest BCUT2D eigenvalue weighted by molar-refractivity contribution is -0.379. The lowest BCUT2D eigenvalue weighted by atomic mass is 10.0. The van der Waals surface area contributed by atoms with Crippen molar-refractivity contribution in [2.24, 2.45) is 5.84 Å². The summed E-state index contributed by atoms with van der Waals surface area (Å²) in [6.07, 6.45) is 2.66. The summed E-state index contributed by atoms with van der Waals surface area (Å²) in [6, 6.07) is 20.0. The second kappa shape index (κ2) is 28.3. The number of benzene rings is 3. The van der Waals surface area contributed by atoms with Crippen molar-refractivity contribution in [3.05, 3.63) is 71.9 Å². The molecule has 0 saturated heterocycles. The predicted molar refractivity (Wildman–Crippen MR) is 191 cm³/mol. The molecule has 0 aliphatic carbocycles. The number of aldehydes is 1. The number of nitrogens with two attached hydrogens (primary N) is 2. The van der Waals surface area contributed by atoms with Gasteiger partial charge in [-0.05, 0) is 60.0 Å². The van der Waals surface area contributed by atoms with Crippen LogP contribution < -0.4 is 45.8 Å². The molecule has 9 N–H and O–H groups in total. The Balaban J connectivity index is 0. The Morgan fingerprint density at radius 1 is 0.788 bits per heavy atom. The first kappa shape index (κ1) is 47.6. The van der Waals surface area contributed by atoms with Crippen molar-refractivity contribution in [1.29, 1.82) is 10.5 Å². The number of hydrogen-bond donors (Lipinski definition) is 4. The van der Waals surface area contributed by atoms with Gasteiger partial charge in [0.2, 0.25) is 0 Å². The standard InChI is InChI=1S/C11H13N3O2.C11H11NO3.C10H11NO2.C3H6O2.H4N2.H2O/c1-15-9-4-3-7(5-10(9)16-2)8-6-13-14-11(8)12;1-14-10-4-3-8(5-11(10)15-2)9(6-12)7-13;1-12-9-4-3-8(5-6-11)7-10(9)13-2;1-2-5-3-4;1-2;/h3-6H,1-2H3,(H3,12,13,14);3-5,7,9H,1-2H3;3-4,7H,5H2,1-2H3;3H,2H2,1H3;1-2H2;1H2. The van der Waals surface area contributed by atoms with Crippen LogP contribution in [0.3, 0.4) is 0 Å². The SMILES string of the molecule is CCOC=O.COc1ccc(-c2cn[nH]c2N)cc1OC.COc1ccc(C(C#N)C=O)cc1OC.COc1ccc(CC#N)cc1OC.N[NH3+].[OH-]. The first-order chi connectivity index (χ1) is 24.7. The highest BCUT2D eigenvalue weighted by molar-refractivity contribution is 5.75. The van der Waals surface area contributed by atoms with Gasteiger partial charge in [0.05, 0.1) is 74.0 Å². The third-order valence-electron chi connectivity index (χ3n) is 6.37. The Morgan fingerprint density at radius 2 is 1.29 bits per heavy atom. The van der Waals surface area contributed by atoms with Crippen molar-refractivity contribution < 1.29 is 54.1 Å². The van der Waals surface area contributed by atoms with Gasteiger partial charge in [-0.15, -0.1) is 0 Å². The summed E-state index contributed by atoms with van der Waals surface area (Å²) in [7, 11) is 9.39. The molecular formula is C35H47N7O10. The van der Waals surface area contributed by atoms with Gasteiger partial charge in [-0.25, -0.2) is 0 Å². The summed E-state index contributed by atoms with van der Waals surface area (Å²) in [5.74, 6) is 10.6. The van der Waals surface area contributed by atoms with Crippen LogP contribution in [0.2, 0.25) is 0 Å². The number of aromatic nitrogens is 2. The quantitative estimate of drug-likeness (QED) is 0.0927. The average molecular weight is 726 g/mol. The van der Waals surface area contributed by atoms with Crippen LogP contribution in [0.4, 0.5) is 5.82 Å². The van der Waals surface area contributed by atoms with Gasteiger partial charge in [-0.1, -0.05) is 18.2 Å². The largest absolute Gasteiger partial charge is 0.870 e. The number of rotatable bonds is 12. The summed E-state index contributed by atoms with van der Waals surface area (Å²) in [6.45, 7) is 2.66. The molecule has 1 aromatic heterocycles. The first-order valence-electron chi connectivity index (χ1n) is 14.9. The third kappa shape index (κ3) is 15.3. The Labute approximate surface area is 303 Å². The number of nitrogen functional groups attached to an aromatic ring is 1. The highest BCUT2D eigenvalue weighted by Gasteiger charge is 2.12. The van der Waals surface area contributed by atoms with Gasteiger partial charge in [0.15, 0.2) is 34.5 Å². The molecule has 3 aromatic carbocycles. The number of carbonyl (C=O) groups is 2. The lowest BCUT2D eigenvalue weighted by Crippen LogP contribution is -2.59. The lowest BCUT2D eigenvalue weighted by Gasteiger charge is -2.09. The Bertz CT molecular complexity index is 1690. The van der Waals surface area contributed by atoms with Crippen LogP contribution in [0.25, 0.3) is 11.1 Å². The van der Waals surface area contributed by atoms with E-state index in [9.17, 15) is 9.59 Å². The maximum atomic E-state index is 10.6. The predicted octanol–water partition coefficient (Wildman–Crippen LogP) is 3.06. The molecule has 0 spiro atoms. The van der Waals surface area contributed by atoms with E-state index in [-0.39, 0.29) is 5.48 Å². The molecule has 17 heteroatoms.